The molecule has 0 radical (unpaired) electrons. The van der Waals surface area contributed by atoms with Crippen molar-refractivity contribution in [3.05, 3.63) is 10.1 Å². The lowest BCUT2D eigenvalue weighted by Gasteiger charge is -2.20. The molecule has 0 amide bonds. The minimum atomic E-state index is -0.463. The van der Waals surface area contributed by atoms with Gasteiger partial charge in [0.2, 0.25) is 0 Å². The Morgan fingerprint density at radius 3 is 2.22 bits per heavy atom. The van der Waals surface area contributed by atoms with Gasteiger partial charge in [0, 0.05) is 17.0 Å². The molecule has 0 bridgehead atoms. The van der Waals surface area contributed by atoms with Crippen molar-refractivity contribution in [3.8, 4) is 0 Å². The van der Waals surface area contributed by atoms with Crippen LogP contribution in [0, 0.1) is 22.0 Å². The predicted octanol–water partition coefficient (Wildman–Crippen LogP) is -0.715. The highest BCUT2D eigenvalue weighted by molar-refractivity contribution is 5.55. The van der Waals surface area contributed by atoms with Crippen LogP contribution in [0.25, 0.3) is 0 Å². The van der Waals surface area contributed by atoms with Crippen LogP contribution in [0.3, 0.4) is 0 Å². The van der Waals surface area contributed by atoms with Crippen LogP contribution in [0.4, 0.5) is 0 Å². The van der Waals surface area contributed by atoms with E-state index < -0.39 is 5.66 Å². The summed E-state index contributed by atoms with van der Waals surface area (Å²) < 4.78 is 0. The second-order valence-electron chi connectivity index (χ2n) is 3.48. The summed E-state index contributed by atoms with van der Waals surface area (Å²) >= 11 is 0. The zero-order valence-corrected chi connectivity index (χ0v) is 4.52. The molecule has 0 spiro atoms. The molecule has 4 heteroatoms. The van der Waals surface area contributed by atoms with E-state index in [9.17, 15) is 10.1 Å². The van der Waals surface area contributed by atoms with Gasteiger partial charge < -0.3 is 0 Å². The summed E-state index contributed by atoms with van der Waals surface area (Å²) in [5.74, 6) is 0.995. The van der Waals surface area contributed by atoms with Gasteiger partial charge in [-0.05, 0) is 0 Å². The Kier molecular flexibility index (Phi) is 0.213. The summed E-state index contributed by atoms with van der Waals surface area (Å²) in [6, 6.07) is 1.36. The molecule has 0 aromatic carbocycles. The van der Waals surface area contributed by atoms with Crippen molar-refractivity contribution in [1.82, 2.24) is 4.90 Å². The maximum Gasteiger partial charge on any atom is 0.288 e. The molecule has 3 saturated heterocycles. The molecule has 3 aliphatic heterocycles. The van der Waals surface area contributed by atoms with E-state index in [1.807, 2.05) is 4.90 Å². The molecule has 4 unspecified atom stereocenters. The number of nitro groups is 1. The molecule has 3 heterocycles. The van der Waals surface area contributed by atoms with Crippen LogP contribution in [0.15, 0.2) is 0 Å². The van der Waals surface area contributed by atoms with Gasteiger partial charge in [-0.15, -0.1) is 0 Å². The zero-order chi connectivity index (χ0) is 5.96. The van der Waals surface area contributed by atoms with Gasteiger partial charge in [0.05, 0.1) is 11.8 Å². The number of hydrogen-bond donors (Lipinski definition) is 0. The third kappa shape index (κ3) is 0.112. The maximum atomic E-state index is 10.4. The van der Waals surface area contributed by atoms with Gasteiger partial charge in [-0.1, -0.05) is 0 Å². The van der Waals surface area contributed by atoms with Crippen molar-refractivity contribution >= 4 is 0 Å². The third-order valence-electron chi connectivity index (χ3n) is 3.60. The van der Waals surface area contributed by atoms with Gasteiger partial charge in [-0.2, -0.15) is 0 Å². The Balaban J connectivity index is 1.93. The first-order valence-corrected chi connectivity index (χ1v) is 3.24. The molecule has 0 aromatic heterocycles. The van der Waals surface area contributed by atoms with Gasteiger partial charge >= 0.3 is 0 Å². The monoisotopic (exact) mass is 124 g/mol. The fraction of sp³-hybridized carbons (Fsp3) is 1.00. The molecule has 5 fully saturated rings. The van der Waals surface area contributed by atoms with Crippen molar-refractivity contribution in [2.75, 3.05) is 0 Å². The standard InChI is InChI=1S/C5H4N2O2/c8-7(9)5-1-2(5)4-3(1)6(4)5/h1-4H. The Hall–Kier alpha value is -0.640. The van der Waals surface area contributed by atoms with Crippen LogP contribution in [0.1, 0.15) is 0 Å². The number of hydrogen-bond acceptors (Lipinski definition) is 3. The molecule has 46 valence electrons. The number of rotatable bonds is 1. The molecular weight excluding hydrogens is 120 g/mol. The van der Waals surface area contributed by atoms with Gasteiger partial charge in [0.1, 0.15) is 0 Å². The summed E-state index contributed by atoms with van der Waals surface area (Å²) in [7, 11) is 0. The molecule has 4 nitrogen and oxygen atoms in total. The van der Waals surface area contributed by atoms with E-state index in [0.717, 1.165) is 0 Å². The topological polar surface area (TPSA) is 46.1 Å². The SMILES string of the molecule is O=[N+]([O-])C12C3C4C(C31)N42. The van der Waals surface area contributed by atoms with E-state index in [1.165, 1.54) is 0 Å². The molecule has 5 rings (SSSR count). The van der Waals surface area contributed by atoms with E-state index in [2.05, 4.69) is 0 Å². The minimum absolute atomic E-state index is 0.0810. The first-order chi connectivity index (χ1) is 4.31. The summed E-state index contributed by atoms with van der Waals surface area (Å²) in [5.41, 5.74) is -0.463. The normalized spacial score (nSPS) is 83.8. The molecule has 2 aliphatic carbocycles. The van der Waals surface area contributed by atoms with E-state index in [0.29, 0.717) is 23.9 Å². The van der Waals surface area contributed by atoms with E-state index in [1.54, 1.807) is 0 Å². The van der Waals surface area contributed by atoms with E-state index >= 15 is 0 Å². The quantitative estimate of drug-likeness (QED) is 0.263. The Morgan fingerprint density at radius 2 is 2.00 bits per heavy atom. The summed E-state index contributed by atoms with van der Waals surface area (Å²) in [5, 5.41) is 10.4. The van der Waals surface area contributed by atoms with Gasteiger partial charge in [-0.25, -0.2) is 4.90 Å². The average molecular weight is 124 g/mol. The fourth-order valence-corrected chi connectivity index (χ4v) is 3.23. The predicted molar refractivity (Wildman–Crippen MR) is 26.1 cm³/mol. The van der Waals surface area contributed by atoms with Gasteiger partial charge in [0.25, 0.3) is 5.66 Å². The zero-order valence-electron chi connectivity index (χ0n) is 4.52. The smallest absolute Gasteiger partial charge is 0.263 e. The van der Waals surface area contributed by atoms with Crippen LogP contribution in [0.2, 0.25) is 0 Å². The van der Waals surface area contributed by atoms with Crippen LogP contribution in [-0.4, -0.2) is 27.6 Å². The fourth-order valence-electron chi connectivity index (χ4n) is 3.23. The Morgan fingerprint density at radius 1 is 1.44 bits per heavy atom. The summed E-state index contributed by atoms with van der Waals surface area (Å²) in [4.78, 5) is 12.3. The van der Waals surface area contributed by atoms with Crippen molar-refractivity contribution in [2.45, 2.75) is 17.7 Å². The molecule has 2 saturated carbocycles. The van der Waals surface area contributed by atoms with Gasteiger partial charge in [0.15, 0.2) is 0 Å². The van der Waals surface area contributed by atoms with E-state index in [4.69, 9.17) is 0 Å². The molecule has 4 atom stereocenters. The highest BCUT2D eigenvalue weighted by Gasteiger charge is 3.14. The van der Waals surface area contributed by atoms with Crippen molar-refractivity contribution in [3.63, 3.8) is 0 Å². The Bertz CT molecular complexity index is 234. The van der Waals surface area contributed by atoms with Crippen molar-refractivity contribution in [2.24, 2.45) is 11.8 Å². The number of piperidine rings is 1. The number of nitrogens with zero attached hydrogens (tertiary/aromatic N) is 2. The molecule has 9 heavy (non-hydrogen) atoms. The van der Waals surface area contributed by atoms with Crippen LogP contribution in [0.5, 0.6) is 0 Å². The first kappa shape index (κ1) is 3.51. The molecular formula is C5H4N2O2. The first-order valence-electron chi connectivity index (χ1n) is 3.24. The lowest BCUT2D eigenvalue weighted by Crippen LogP contribution is -2.46. The second-order valence-corrected chi connectivity index (χ2v) is 3.48. The summed E-state index contributed by atoms with van der Waals surface area (Å²) in [6.45, 7) is 0. The largest absolute Gasteiger partial charge is 0.288 e. The Labute approximate surface area is 50.6 Å². The lowest BCUT2D eigenvalue weighted by atomic mass is 10.0. The van der Waals surface area contributed by atoms with Crippen molar-refractivity contribution < 1.29 is 4.92 Å². The van der Waals surface area contributed by atoms with Crippen molar-refractivity contribution in [1.29, 1.82) is 0 Å². The van der Waals surface area contributed by atoms with Crippen LogP contribution in [-0.2, 0) is 0 Å². The molecule has 0 aromatic rings. The van der Waals surface area contributed by atoms with E-state index in [-0.39, 0.29) is 4.92 Å². The summed E-state index contributed by atoms with van der Waals surface area (Å²) in [6.07, 6.45) is 0. The maximum absolute atomic E-state index is 10.4. The molecule has 0 N–H and O–H groups in total. The van der Waals surface area contributed by atoms with Gasteiger partial charge in [-0.3, -0.25) is 10.1 Å². The second kappa shape index (κ2) is 0.546. The average Bonchev–Trinajstić information content (AvgIpc) is 2.06. The highest BCUT2D eigenvalue weighted by atomic mass is 16.6. The van der Waals surface area contributed by atoms with Crippen LogP contribution < -0.4 is 0 Å². The third-order valence-corrected chi connectivity index (χ3v) is 3.60. The highest BCUT2D eigenvalue weighted by Crippen LogP contribution is 2.92. The lowest BCUT2D eigenvalue weighted by molar-refractivity contribution is -0.586. The minimum Gasteiger partial charge on any atom is -0.263 e. The van der Waals surface area contributed by atoms with Crippen LogP contribution >= 0.6 is 0 Å². The molecule has 5 aliphatic rings.